The normalized spacial score (nSPS) is 10.5. The van der Waals surface area contributed by atoms with Crippen LogP contribution in [0.3, 0.4) is 0 Å². The summed E-state index contributed by atoms with van der Waals surface area (Å²) in [5, 5.41) is 4.38. The predicted molar refractivity (Wildman–Crippen MR) is 75.6 cm³/mol. The molecule has 7 heteroatoms. The highest BCUT2D eigenvalue weighted by Gasteiger charge is 2.15. The Hall–Kier alpha value is -2.02. The van der Waals surface area contributed by atoms with Gasteiger partial charge in [0, 0.05) is 11.9 Å². The van der Waals surface area contributed by atoms with Gasteiger partial charge in [0.15, 0.2) is 17.5 Å². The molecule has 1 amide bonds. The average Bonchev–Trinajstić information content (AvgIpc) is 2.96. The summed E-state index contributed by atoms with van der Waals surface area (Å²) in [6.45, 7) is 0.238. The minimum Gasteiger partial charge on any atom is -0.374 e. The van der Waals surface area contributed by atoms with Gasteiger partial charge >= 0.3 is 0 Å². The first-order valence-corrected chi connectivity index (χ1v) is 7.00. The summed E-state index contributed by atoms with van der Waals surface area (Å²) in [5.74, 6) is -4.44. The van der Waals surface area contributed by atoms with Crippen molar-refractivity contribution in [3.8, 4) is 0 Å². The molecule has 112 valence electrons. The lowest BCUT2D eigenvalue weighted by Crippen LogP contribution is -2.31. The second-order valence-corrected chi connectivity index (χ2v) is 5.44. The van der Waals surface area contributed by atoms with E-state index in [1.165, 1.54) is 16.2 Å². The number of carbonyl (C=O) groups excluding carboxylic acids is 1. The molecule has 21 heavy (non-hydrogen) atoms. The Bertz CT molecular complexity index is 631. The van der Waals surface area contributed by atoms with Crippen molar-refractivity contribution in [1.29, 1.82) is 0 Å². The van der Waals surface area contributed by atoms with Crippen molar-refractivity contribution in [2.45, 2.75) is 6.54 Å². The summed E-state index contributed by atoms with van der Waals surface area (Å²) in [4.78, 5) is 14.4. The fourth-order valence-corrected chi connectivity index (χ4v) is 2.45. The van der Waals surface area contributed by atoms with Gasteiger partial charge in [-0.15, -0.1) is 11.3 Å². The van der Waals surface area contributed by atoms with Crippen LogP contribution in [0.15, 0.2) is 29.6 Å². The lowest BCUT2D eigenvalue weighted by atomic mass is 10.2. The minimum atomic E-state index is -1.56. The van der Waals surface area contributed by atoms with Crippen LogP contribution in [-0.4, -0.2) is 24.4 Å². The summed E-state index contributed by atoms with van der Waals surface area (Å²) < 4.78 is 39.2. The van der Waals surface area contributed by atoms with Gasteiger partial charge in [0.1, 0.15) is 0 Å². The topological polar surface area (TPSA) is 32.3 Å². The molecular formula is C14H13F3N2OS. The monoisotopic (exact) mass is 314 g/mol. The van der Waals surface area contributed by atoms with E-state index in [9.17, 15) is 18.0 Å². The third-order valence-corrected chi connectivity index (χ3v) is 3.73. The molecule has 1 aromatic carbocycles. The maximum atomic E-state index is 13.4. The van der Waals surface area contributed by atoms with Crippen molar-refractivity contribution >= 4 is 22.9 Å². The lowest BCUT2D eigenvalue weighted by Gasteiger charge is -2.17. The molecule has 0 unspecified atom stereocenters. The van der Waals surface area contributed by atoms with Crippen LogP contribution in [0.2, 0.25) is 0 Å². The summed E-state index contributed by atoms with van der Waals surface area (Å²) >= 11 is 1.52. The molecule has 3 nitrogen and oxygen atoms in total. The zero-order chi connectivity index (χ0) is 15.4. The molecule has 0 saturated heterocycles. The number of halogens is 3. The maximum absolute atomic E-state index is 13.4. The quantitative estimate of drug-likeness (QED) is 0.859. The van der Waals surface area contributed by atoms with Crippen molar-refractivity contribution in [3.05, 3.63) is 52.0 Å². The number of hydrogen-bond acceptors (Lipinski definition) is 3. The Balaban J connectivity index is 1.93. The highest BCUT2D eigenvalue weighted by atomic mass is 32.1. The van der Waals surface area contributed by atoms with Crippen LogP contribution >= 0.6 is 11.3 Å². The van der Waals surface area contributed by atoms with Crippen LogP contribution in [-0.2, 0) is 11.3 Å². The number of hydrogen-bond donors (Lipinski definition) is 1. The van der Waals surface area contributed by atoms with Crippen molar-refractivity contribution in [1.82, 2.24) is 4.90 Å². The van der Waals surface area contributed by atoms with Gasteiger partial charge in [-0.3, -0.25) is 4.79 Å². The number of benzene rings is 1. The average molecular weight is 314 g/mol. The molecule has 0 fully saturated rings. The van der Waals surface area contributed by atoms with Crippen LogP contribution in [0, 0.1) is 17.5 Å². The number of amides is 1. The maximum Gasteiger partial charge on any atom is 0.241 e. The predicted octanol–water partition coefficient (Wildman–Crippen LogP) is 3.24. The Morgan fingerprint density at radius 2 is 2.00 bits per heavy atom. The first-order valence-electron chi connectivity index (χ1n) is 6.12. The second kappa shape index (κ2) is 6.62. The summed E-state index contributed by atoms with van der Waals surface area (Å²) in [7, 11) is 1.62. The Morgan fingerprint density at radius 1 is 1.24 bits per heavy atom. The van der Waals surface area contributed by atoms with Gasteiger partial charge in [-0.2, -0.15) is 0 Å². The van der Waals surface area contributed by atoms with Gasteiger partial charge in [0.2, 0.25) is 5.91 Å². The van der Waals surface area contributed by atoms with Crippen molar-refractivity contribution in [3.63, 3.8) is 0 Å². The second-order valence-electron chi connectivity index (χ2n) is 4.41. The number of nitrogens with one attached hydrogen (secondary N) is 1. The molecular weight excluding hydrogens is 301 g/mol. The van der Waals surface area contributed by atoms with Crippen molar-refractivity contribution in [2.75, 3.05) is 18.9 Å². The fourth-order valence-electron chi connectivity index (χ4n) is 1.69. The van der Waals surface area contributed by atoms with E-state index in [0.29, 0.717) is 6.54 Å². The first-order chi connectivity index (χ1) is 9.99. The molecule has 0 saturated carbocycles. The van der Waals surface area contributed by atoms with E-state index in [-0.39, 0.29) is 18.1 Å². The molecule has 0 bridgehead atoms. The number of rotatable bonds is 5. The largest absolute Gasteiger partial charge is 0.374 e. The van der Waals surface area contributed by atoms with Gasteiger partial charge in [-0.05, 0) is 23.6 Å². The highest BCUT2D eigenvalue weighted by Crippen LogP contribution is 2.19. The third kappa shape index (κ3) is 3.75. The molecule has 0 spiro atoms. The van der Waals surface area contributed by atoms with Crippen LogP contribution in [0.4, 0.5) is 18.9 Å². The molecule has 0 aliphatic carbocycles. The van der Waals surface area contributed by atoms with E-state index in [1.807, 2.05) is 17.5 Å². The molecule has 1 aromatic heterocycles. The van der Waals surface area contributed by atoms with Crippen molar-refractivity contribution < 1.29 is 18.0 Å². The van der Waals surface area contributed by atoms with Crippen LogP contribution < -0.4 is 5.32 Å². The fraction of sp³-hybridized carbons (Fsp3) is 0.214. The van der Waals surface area contributed by atoms with Gasteiger partial charge in [0.05, 0.1) is 18.8 Å². The van der Waals surface area contributed by atoms with Crippen LogP contribution in [0.5, 0.6) is 0 Å². The van der Waals surface area contributed by atoms with Crippen LogP contribution in [0.25, 0.3) is 0 Å². The van der Waals surface area contributed by atoms with Gasteiger partial charge < -0.3 is 10.2 Å². The molecule has 0 atom stereocenters. The Labute approximate surface area is 124 Å². The SMILES string of the molecule is CN(Cc1cccs1)C(=O)CNc1ccc(F)c(F)c1F. The first kappa shape index (κ1) is 15.4. The number of thiophene rings is 1. The van der Waals surface area contributed by atoms with E-state index >= 15 is 0 Å². The van der Waals surface area contributed by atoms with Gasteiger partial charge in [0.25, 0.3) is 0 Å². The van der Waals surface area contributed by atoms with Gasteiger partial charge in [-0.1, -0.05) is 6.07 Å². The van der Waals surface area contributed by atoms with Crippen molar-refractivity contribution in [2.24, 2.45) is 0 Å². The Morgan fingerprint density at radius 3 is 2.67 bits per heavy atom. The Kier molecular flexibility index (Phi) is 4.85. The minimum absolute atomic E-state index is 0.204. The summed E-state index contributed by atoms with van der Waals surface area (Å²) in [6.07, 6.45) is 0. The molecule has 0 radical (unpaired) electrons. The van der Waals surface area contributed by atoms with E-state index < -0.39 is 17.5 Å². The summed E-state index contributed by atoms with van der Waals surface area (Å²) in [5.41, 5.74) is -0.244. The molecule has 0 aliphatic heterocycles. The number of likely N-dealkylation sites (N-methyl/N-ethyl adjacent to an activating group) is 1. The smallest absolute Gasteiger partial charge is 0.241 e. The van der Waals surface area contributed by atoms with E-state index in [2.05, 4.69) is 5.32 Å². The zero-order valence-electron chi connectivity index (χ0n) is 11.2. The third-order valence-electron chi connectivity index (χ3n) is 2.86. The number of nitrogens with zero attached hydrogens (tertiary/aromatic N) is 1. The molecule has 2 aromatic rings. The standard InChI is InChI=1S/C14H13F3N2OS/c1-19(8-9-3-2-6-21-9)12(20)7-18-11-5-4-10(15)13(16)14(11)17/h2-6,18H,7-8H2,1H3. The van der Waals surface area contributed by atoms with E-state index in [0.717, 1.165) is 17.0 Å². The molecule has 1 heterocycles. The molecule has 2 rings (SSSR count). The van der Waals surface area contributed by atoms with Gasteiger partial charge in [-0.25, -0.2) is 13.2 Å². The summed E-state index contributed by atoms with van der Waals surface area (Å²) in [6, 6.07) is 5.64. The number of carbonyl (C=O) groups is 1. The molecule has 0 aliphatic rings. The zero-order valence-corrected chi connectivity index (χ0v) is 12.0. The lowest BCUT2D eigenvalue weighted by molar-refractivity contribution is -0.128. The number of anilines is 1. The van der Waals surface area contributed by atoms with E-state index in [1.54, 1.807) is 7.05 Å². The van der Waals surface area contributed by atoms with E-state index in [4.69, 9.17) is 0 Å². The highest BCUT2D eigenvalue weighted by molar-refractivity contribution is 7.09. The van der Waals surface area contributed by atoms with Crippen LogP contribution in [0.1, 0.15) is 4.88 Å². The molecule has 1 N–H and O–H groups in total.